The molecule has 2 heteroatoms. The van der Waals surface area contributed by atoms with E-state index in [2.05, 4.69) is 24.3 Å². The zero-order valence-corrected chi connectivity index (χ0v) is 14.1. The molecule has 124 valence electrons. The highest BCUT2D eigenvalue weighted by Gasteiger charge is 2.16. The molecule has 1 aliphatic carbocycles. The minimum absolute atomic E-state index is 0.317. The van der Waals surface area contributed by atoms with Gasteiger partial charge in [-0.25, -0.2) is 8.78 Å². The molecule has 0 radical (unpaired) electrons. The fraction of sp³-hybridized carbons (Fsp3) is 0.273. The fourth-order valence-electron chi connectivity index (χ4n) is 3.31. The van der Waals surface area contributed by atoms with Gasteiger partial charge in [0, 0.05) is 11.5 Å². The van der Waals surface area contributed by atoms with Crippen LogP contribution in [0.2, 0.25) is 0 Å². The van der Waals surface area contributed by atoms with Gasteiger partial charge in [0.25, 0.3) is 0 Å². The summed E-state index contributed by atoms with van der Waals surface area (Å²) in [7, 11) is 0. The standard InChI is InChI=1S/C22H22F2/c1-3-4-16-6-8-17(9-7-16)18-10-12-19(13-11-18)20-14-5-15(2)21(23)22(20)24/h3-6,8,10-14,16-17H,7,9H2,1-2H3/b4-3+. The SMILES string of the molecule is C/C=C/C1C=CC(c2ccc(-c3ccc(C)c(F)c3F)cc2)CC1. The predicted molar refractivity (Wildman–Crippen MR) is 96.0 cm³/mol. The average Bonchev–Trinajstić information content (AvgIpc) is 2.61. The summed E-state index contributed by atoms with van der Waals surface area (Å²) in [6, 6.07) is 11.1. The summed E-state index contributed by atoms with van der Waals surface area (Å²) in [4.78, 5) is 0. The highest BCUT2D eigenvalue weighted by atomic mass is 19.2. The van der Waals surface area contributed by atoms with Gasteiger partial charge < -0.3 is 0 Å². The summed E-state index contributed by atoms with van der Waals surface area (Å²) in [6.45, 7) is 3.62. The number of rotatable bonds is 3. The van der Waals surface area contributed by atoms with Crippen molar-refractivity contribution >= 4 is 0 Å². The maximum atomic E-state index is 14.1. The summed E-state index contributed by atoms with van der Waals surface area (Å²) in [5, 5.41) is 0. The van der Waals surface area contributed by atoms with E-state index in [0.29, 0.717) is 28.5 Å². The molecule has 1 aliphatic rings. The first kappa shape index (κ1) is 16.6. The van der Waals surface area contributed by atoms with Crippen molar-refractivity contribution in [3.8, 4) is 11.1 Å². The van der Waals surface area contributed by atoms with Crippen LogP contribution in [0.4, 0.5) is 8.78 Å². The fourth-order valence-corrected chi connectivity index (χ4v) is 3.31. The zero-order chi connectivity index (χ0) is 17.1. The zero-order valence-electron chi connectivity index (χ0n) is 14.1. The predicted octanol–water partition coefficient (Wildman–Crippen LogP) is 6.57. The smallest absolute Gasteiger partial charge is 0.166 e. The molecule has 0 aromatic heterocycles. The molecule has 0 aliphatic heterocycles. The lowest BCUT2D eigenvalue weighted by atomic mass is 9.84. The van der Waals surface area contributed by atoms with Gasteiger partial charge in [-0.15, -0.1) is 0 Å². The molecule has 24 heavy (non-hydrogen) atoms. The third-order valence-corrected chi connectivity index (χ3v) is 4.77. The van der Waals surface area contributed by atoms with Crippen LogP contribution in [0.5, 0.6) is 0 Å². The van der Waals surface area contributed by atoms with Crippen LogP contribution in [0.25, 0.3) is 11.1 Å². The van der Waals surface area contributed by atoms with Crippen LogP contribution in [0.1, 0.15) is 36.8 Å². The van der Waals surface area contributed by atoms with Gasteiger partial charge in [0.1, 0.15) is 0 Å². The minimum Gasteiger partial charge on any atom is -0.203 e. The molecule has 0 saturated carbocycles. The van der Waals surface area contributed by atoms with E-state index in [4.69, 9.17) is 0 Å². The summed E-state index contributed by atoms with van der Waals surface area (Å²) in [6.07, 6.45) is 11.1. The number of hydrogen-bond acceptors (Lipinski definition) is 0. The molecule has 2 aromatic carbocycles. The first-order chi connectivity index (χ1) is 11.6. The molecule has 3 rings (SSSR count). The van der Waals surface area contributed by atoms with E-state index in [0.717, 1.165) is 12.8 Å². The van der Waals surface area contributed by atoms with Crippen LogP contribution < -0.4 is 0 Å². The molecule has 2 aromatic rings. The van der Waals surface area contributed by atoms with Gasteiger partial charge in [-0.1, -0.05) is 60.7 Å². The summed E-state index contributed by atoms with van der Waals surface area (Å²) in [5.74, 6) is -0.591. The molecule has 0 bridgehead atoms. The molecule has 0 fully saturated rings. The van der Waals surface area contributed by atoms with Crippen molar-refractivity contribution in [1.29, 1.82) is 0 Å². The second-order valence-corrected chi connectivity index (χ2v) is 6.44. The van der Waals surface area contributed by atoms with Gasteiger partial charge in [-0.05, 0) is 49.3 Å². The highest BCUT2D eigenvalue weighted by molar-refractivity contribution is 5.65. The van der Waals surface area contributed by atoms with E-state index in [1.54, 1.807) is 19.1 Å². The largest absolute Gasteiger partial charge is 0.203 e. The van der Waals surface area contributed by atoms with Crippen molar-refractivity contribution < 1.29 is 8.78 Å². The molecule has 0 spiro atoms. The second-order valence-electron chi connectivity index (χ2n) is 6.44. The van der Waals surface area contributed by atoms with Gasteiger partial charge in [0.15, 0.2) is 11.6 Å². The summed E-state index contributed by atoms with van der Waals surface area (Å²) < 4.78 is 27.9. The maximum Gasteiger partial charge on any atom is 0.166 e. The lowest BCUT2D eigenvalue weighted by molar-refractivity contribution is 0.505. The molecule has 0 saturated heterocycles. The lowest BCUT2D eigenvalue weighted by Gasteiger charge is -2.21. The first-order valence-electron chi connectivity index (χ1n) is 8.46. The van der Waals surface area contributed by atoms with E-state index >= 15 is 0 Å². The van der Waals surface area contributed by atoms with Gasteiger partial charge in [-0.3, -0.25) is 0 Å². The van der Waals surface area contributed by atoms with Crippen molar-refractivity contribution in [1.82, 2.24) is 0 Å². The number of hydrogen-bond donors (Lipinski definition) is 0. The molecule has 0 amide bonds. The van der Waals surface area contributed by atoms with E-state index < -0.39 is 11.6 Å². The van der Waals surface area contributed by atoms with Crippen LogP contribution >= 0.6 is 0 Å². The number of allylic oxidation sites excluding steroid dienone is 4. The van der Waals surface area contributed by atoms with Gasteiger partial charge in [0.2, 0.25) is 0 Å². The summed E-state index contributed by atoms with van der Waals surface area (Å²) >= 11 is 0. The Balaban J connectivity index is 1.82. The van der Waals surface area contributed by atoms with Crippen molar-refractivity contribution in [3.05, 3.63) is 83.5 Å². The minimum atomic E-state index is -0.769. The quantitative estimate of drug-likeness (QED) is 0.560. The topological polar surface area (TPSA) is 0 Å². The Labute approximate surface area is 142 Å². The Morgan fingerprint density at radius 3 is 2.29 bits per heavy atom. The number of aryl methyl sites for hydroxylation is 1. The van der Waals surface area contributed by atoms with Crippen LogP contribution in [0, 0.1) is 24.5 Å². The average molecular weight is 324 g/mol. The summed E-state index contributed by atoms with van der Waals surface area (Å²) in [5.41, 5.74) is 2.58. The molecule has 2 unspecified atom stereocenters. The third-order valence-electron chi connectivity index (χ3n) is 4.77. The monoisotopic (exact) mass is 324 g/mol. The Morgan fingerprint density at radius 2 is 1.67 bits per heavy atom. The van der Waals surface area contributed by atoms with Crippen molar-refractivity contribution in [2.24, 2.45) is 5.92 Å². The molecule has 0 N–H and O–H groups in total. The Kier molecular flexibility index (Phi) is 4.94. The Hall–Kier alpha value is -2.22. The molecule has 2 atom stereocenters. The van der Waals surface area contributed by atoms with Crippen LogP contribution in [0.15, 0.2) is 60.7 Å². The Bertz CT molecular complexity index is 769. The maximum absolute atomic E-state index is 14.1. The van der Waals surface area contributed by atoms with Gasteiger partial charge in [-0.2, -0.15) is 0 Å². The molecular weight excluding hydrogens is 302 g/mol. The number of halogens is 2. The van der Waals surface area contributed by atoms with E-state index in [9.17, 15) is 8.78 Å². The Morgan fingerprint density at radius 1 is 0.917 bits per heavy atom. The highest BCUT2D eigenvalue weighted by Crippen LogP contribution is 2.33. The van der Waals surface area contributed by atoms with Crippen molar-refractivity contribution in [2.45, 2.75) is 32.6 Å². The van der Waals surface area contributed by atoms with E-state index in [1.165, 1.54) is 5.56 Å². The number of benzene rings is 2. The third kappa shape index (κ3) is 3.33. The normalized spacial score (nSPS) is 20.7. The van der Waals surface area contributed by atoms with E-state index in [-0.39, 0.29) is 0 Å². The van der Waals surface area contributed by atoms with Crippen molar-refractivity contribution in [3.63, 3.8) is 0 Å². The second kappa shape index (κ2) is 7.12. The molecular formula is C22H22F2. The van der Waals surface area contributed by atoms with E-state index in [1.807, 2.05) is 31.2 Å². The van der Waals surface area contributed by atoms with Crippen molar-refractivity contribution in [2.75, 3.05) is 0 Å². The molecule has 0 heterocycles. The van der Waals surface area contributed by atoms with Gasteiger partial charge in [0.05, 0.1) is 0 Å². The van der Waals surface area contributed by atoms with Crippen LogP contribution in [0.3, 0.4) is 0 Å². The van der Waals surface area contributed by atoms with Gasteiger partial charge >= 0.3 is 0 Å². The lowest BCUT2D eigenvalue weighted by Crippen LogP contribution is -2.05. The van der Waals surface area contributed by atoms with Crippen LogP contribution in [-0.2, 0) is 0 Å². The first-order valence-corrected chi connectivity index (χ1v) is 8.46. The molecule has 0 nitrogen and oxygen atoms in total. The van der Waals surface area contributed by atoms with Crippen LogP contribution in [-0.4, -0.2) is 0 Å².